The van der Waals surface area contributed by atoms with Gasteiger partial charge in [0, 0.05) is 25.1 Å². The molecule has 2 N–H and O–H groups in total. The van der Waals surface area contributed by atoms with E-state index in [0.717, 1.165) is 32.1 Å². The largest absolute Gasteiger partial charge is 0.376 e. The van der Waals surface area contributed by atoms with E-state index in [4.69, 9.17) is 4.74 Å². The summed E-state index contributed by atoms with van der Waals surface area (Å²) >= 11 is 1.78. The quantitative estimate of drug-likeness (QED) is 0.647. The zero-order chi connectivity index (χ0) is 12.8. The number of hydrogen-bond donors (Lipinski definition) is 2. The van der Waals surface area contributed by atoms with Crippen LogP contribution in [-0.4, -0.2) is 32.3 Å². The van der Waals surface area contributed by atoms with Gasteiger partial charge in [-0.05, 0) is 36.8 Å². The Bertz CT molecular complexity index is 397. The topological polar surface area (TPSA) is 45.7 Å². The molecular formula is C13H21N3OS. The third kappa shape index (κ3) is 3.71. The number of hydrogen-bond acceptors (Lipinski definition) is 3. The highest BCUT2D eigenvalue weighted by Crippen LogP contribution is 2.14. The molecule has 1 aromatic heterocycles. The van der Waals surface area contributed by atoms with Crippen LogP contribution in [0, 0.1) is 6.92 Å². The van der Waals surface area contributed by atoms with Crippen molar-refractivity contribution in [3.05, 3.63) is 21.9 Å². The molecule has 0 bridgehead atoms. The summed E-state index contributed by atoms with van der Waals surface area (Å²) < 4.78 is 5.57. The Balaban J connectivity index is 1.74. The maximum atomic E-state index is 5.57. The van der Waals surface area contributed by atoms with Crippen LogP contribution >= 0.6 is 11.3 Å². The molecule has 0 spiro atoms. The molecule has 18 heavy (non-hydrogen) atoms. The molecule has 5 heteroatoms. The number of nitrogens with zero attached hydrogens (tertiary/aromatic N) is 1. The Labute approximate surface area is 112 Å². The van der Waals surface area contributed by atoms with Gasteiger partial charge in [-0.25, -0.2) is 0 Å². The van der Waals surface area contributed by atoms with E-state index >= 15 is 0 Å². The lowest BCUT2D eigenvalue weighted by Gasteiger charge is -2.14. The van der Waals surface area contributed by atoms with E-state index < -0.39 is 0 Å². The van der Waals surface area contributed by atoms with Gasteiger partial charge in [-0.15, -0.1) is 11.3 Å². The molecule has 1 aromatic rings. The minimum Gasteiger partial charge on any atom is -0.376 e. The van der Waals surface area contributed by atoms with Crippen LogP contribution in [0.1, 0.15) is 23.3 Å². The first kappa shape index (κ1) is 13.4. The number of guanidine groups is 1. The Hall–Kier alpha value is -1.07. The lowest BCUT2D eigenvalue weighted by Crippen LogP contribution is -2.40. The average molecular weight is 267 g/mol. The summed E-state index contributed by atoms with van der Waals surface area (Å²) in [4.78, 5) is 5.58. The molecule has 1 aliphatic heterocycles. The zero-order valence-corrected chi connectivity index (χ0v) is 11.8. The van der Waals surface area contributed by atoms with Gasteiger partial charge in [-0.3, -0.25) is 4.99 Å². The van der Waals surface area contributed by atoms with Gasteiger partial charge in [0.15, 0.2) is 5.96 Å². The molecule has 2 rings (SSSR count). The summed E-state index contributed by atoms with van der Waals surface area (Å²) in [6.45, 7) is 4.70. The summed E-state index contributed by atoms with van der Waals surface area (Å²) in [6.07, 6.45) is 2.66. The van der Waals surface area contributed by atoms with Crippen LogP contribution in [0.3, 0.4) is 0 Å². The number of rotatable bonds is 4. The second kappa shape index (κ2) is 6.75. The molecule has 1 saturated heterocycles. The lowest BCUT2D eigenvalue weighted by molar-refractivity contribution is 0.114. The Kier molecular flexibility index (Phi) is 5.01. The van der Waals surface area contributed by atoms with E-state index in [0.29, 0.717) is 6.10 Å². The SMILES string of the molecule is CN=C(NCc1sccc1C)NCC1CCCO1. The lowest BCUT2D eigenvalue weighted by atomic mass is 10.2. The molecule has 1 fully saturated rings. The third-order valence-corrected chi connectivity index (χ3v) is 4.15. The molecule has 1 atom stereocenters. The van der Waals surface area contributed by atoms with Gasteiger partial charge in [-0.1, -0.05) is 0 Å². The predicted molar refractivity (Wildman–Crippen MR) is 76.2 cm³/mol. The molecule has 0 radical (unpaired) electrons. The van der Waals surface area contributed by atoms with Crippen molar-refractivity contribution in [1.82, 2.24) is 10.6 Å². The van der Waals surface area contributed by atoms with E-state index in [1.165, 1.54) is 16.9 Å². The van der Waals surface area contributed by atoms with Crippen molar-refractivity contribution in [2.75, 3.05) is 20.2 Å². The smallest absolute Gasteiger partial charge is 0.191 e. The van der Waals surface area contributed by atoms with E-state index in [1.807, 2.05) is 0 Å². The highest BCUT2D eigenvalue weighted by atomic mass is 32.1. The Morgan fingerprint density at radius 1 is 1.56 bits per heavy atom. The summed E-state index contributed by atoms with van der Waals surface area (Å²) in [5, 5.41) is 8.76. The van der Waals surface area contributed by atoms with Gasteiger partial charge in [0.2, 0.25) is 0 Å². The number of ether oxygens (including phenoxy) is 1. The standard InChI is InChI=1S/C13H21N3OS/c1-10-5-7-18-12(10)9-16-13(14-2)15-8-11-4-3-6-17-11/h5,7,11H,3-4,6,8-9H2,1-2H3,(H2,14,15,16). The average Bonchev–Trinajstić information content (AvgIpc) is 3.01. The fourth-order valence-electron chi connectivity index (χ4n) is 1.99. The molecule has 0 aromatic carbocycles. The highest BCUT2D eigenvalue weighted by Gasteiger charge is 2.15. The minimum atomic E-state index is 0.340. The van der Waals surface area contributed by atoms with Crippen molar-refractivity contribution < 1.29 is 4.74 Å². The maximum absolute atomic E-state index is 5.57. The van der Waals surface area contributed by atoms with Crippen molar-refractivity contribution in [2.24, 2.45) is 4.99 Å². The van der Waals surface area contributed by atoms with Crippen LogP contribution in [-0.2, 0) is 11.3 Å². The van der Waals surface area contributed by atoms with Crippen molar-refractivity contribution >= 4 is 17.3 Å². The van der Waals surface area contributed by atoms with Crippen LogP contribution in [0.25, 0.3) is 0 Å². The van der Waals surface area contributed by atoms with Gasteiger partial charge in [0.25, 0.3) is 0 Å². The number of nitrogens with one attached hydrogen (secondary N) is 2. The molecular weight excluding hydrogens is 246 g/mol. The minimum absolute atomic E-state index is 0.340. The Morgan fingerprint density at radius 3 is 3.06 bits per heavy atom. The van der Waals surface area contributed by atoms with Crippen molar-refractivity contribution in [3.8, 4) is 0 Å². The number of thiophene rings is 1. The van der Waals surface area contributed by atoms with Crippen molar-refractivity contribution in [3.63, 3.8) is 0 Å². The van der Waals surface area contributed by atoms with Crippen LogP contribution < -0.4 is 10.6 Å². The second-order valence-corrected chi connectivity index (χ2v) is 5.47. The fourth-order valence-corrected chi connectivity index (χ4v) is 2.83. The molecule has 4 nitrogen and oxygen atoms in total. The zero-order valence-electron chi connectivity index (χ0n) is 11.0. The van der Waals surface area contributed by atoms with Gasteiger partial charge in [-0.2, -0.15) is 0 Å². The van der Waals surface area contributed by atoms with E-state index in [2.05, 4.69) is 34.0 Å². The van der Waals surface area contributed by atoms with Crippen LogP contribution in [0.5, 0.6) is 0 Å². The first-order valence-corrected chi connectivity index (χ1v) is 7.26. The molecule has 0 amide bonds. The van der Waals surface area contributed by atoms with E-state index in [1.54, 1.807) is 18.4 Å². The first-order valence-electron chi connectivity index (χ1n) is 6.38. The normalized spacial score (nSPS) is 20.1. The third-order valence-electron chi connectivity index (χ3n) is 3.13. The summed E-state index contributed by atoms with van der Waals surface area (Å²) in [5.74, 6) is 0.846. The highest BCUT2D eigenvalue weighted by molar-refractivity contribution is 7.10. The van der Waals surface area contributed by atoms with Gasteiger partial charge in [0.05, 0.1) is 12.6 Å². The second-order valence-electron chi connectivity index (χ2n) is 4.47. The molecule has 0 saturated carbocycles. The van der Waals surface area contributed by atoms with Gasteiger partial charge >= 0.3 is 0 Å². The van der Waals surface area contributed by atoms with E-state index in [9.17, 15) is 0 Å². The van der Waals surface area contributed by atoms with Crippen LogP contribution in [0.2, 0.25) is 0 Å². The number of aliphatic imine (C=N–C) groups is 1. The molecule has 0 aliphatic carbocycles. The molecule has 1 unspecified atom stereocenters. The predicted octanol–water partition coefficient (Wildman–Crippen LogP) is 1.90. The number of aryl methyl sites for hydroxylation is 1. The fraction of sp³-hybridized carbons (Fsp3) is 0.615. The van der Waals surface area contributed by atoms with Crippen molar-refractivity contribution in [1.29, 1.82) is 0 Å². The summed E-state index contributed by atoms with van der Waals surface area (Å²) in [6, 6.07) is 2.14. The van der Waals surface area contributed by atoms with Crippen LogP contribution in [0.4, 0.5) is 0 Å². The van der Waals surface area contributed by atoms with Crippen molar-refractivity contribution in [2.45, 2.75) is 32.4 Å². The molecule has 1 aliphatic rings. The summed E-state index contributed by atoms with van der Waals surface area (Å²) in [7, 11) is 1.80. The van der Waals surface area contributed by atoms with Gasteiger partial charge in [0.1, 0.15) is 0 Å². The maximum Gasteiger partial charge on any atom is 0.191 e. The van der Waals surface area contributed by atoms with Gasteiger partial charge < -0.3 is 15.4 Å². The van der Waals surface area contributed by atoms with Crippen LogP contribution in [0.15, 0.2) is 16.4 Å². The Morgan fingerprint density at radius 2 is 2.44 bits per heavy atom. The molecule has 100 valence electrons. The first-order chi connectivity index (χ1) is 8.79. The van der Waals surface area contributed by atoms with E-state index in [-0.39, 0.29) is 0 Å². The monoisotopic (exact) mass is 267 g/mol. The molecule has 2 heterocycles. The summed E-state index contributed by atoms with van der Waals surface area (Å²) in [5.41, 5.74) is 1.34.